The normalized spacial score (nSPS) is 11.6. The molecule has 0 unspecified atom stereocenters. The first-order valence-corrected chi connectivity index (χ1v) is 6.37. The Morgan fingerprint density at radius 1 is 0.714 bits per heavy atom. The van der Waals surface area contributed by atoms with Crippen molar-refractivity contribution in [1.82, 2.24) is 0 Å². The molecule has 0 atom stereocenters. The minimum absolute atomic E-state index is 0.160. The Morgan fingerprint density at radius 3 is 2.10 bits per heavy atom. The maximum Gasteiger partial charge on any atom is 0.420 e. The first kappa shape index (κ1) is 13.5. The lowest BCUT2D eigenvalue weighted by molar-refractivity contribution is -0.138. The summed E-state index contributed by atoms with van der Waals surface area (Å²) in [5.74, 6) is 0.214. The molecular formula is C17H11F3O. The van der Waals surface area contributed by atoms with Crippen LogP contribution in [0.25, 0.3) is 10.8 Å². The van der Waals surface area contributed by atoms with Crippen molar-refractivity contribution >= 4 is 10.8 Å². The Labute approximate surface area is 119 Å². The van der Waals surface area contributed by atoms with Crippen LogP contribution in [-0.4, -0.2) is 0 Å². The second-order valence-electron chi connectivity index (χ2n) is 4.58. The van der Waals surface area contributed by atoms with Gasteiger partial charge in [-0.05, 0) is 23.6 Å². The highest BCUT2D eigenvalue weighted by atomic mass is 19.4. The molecule has 106 valence electrons. The Hall–Kier alpha value is -2.49. The largest absolute Gasteiger partial charge is 0.456 e. The first-order chi connectivity index (χ1) is 10.1. The molecule has 0 aliphatic rings. The van der Waals surface area contributed by atoms with Crippen molar-refractivity contribution < 1.29 is 17.9 Å². The molecule has 0 fully saturated rings. The topological polar surface area (TPSA) is 9.23 Å². The summed E-state index contributed by atoms with van der Waals surface area (Å²) in [6, 6.07) is 17.8. The highest BCUT2D eigenvalue weighted by Gasteiger charge is 2.35. The standard InChI is InChI=1S/C17H11F3O/c18-17(19,20)15-11-10-12-6-4-5-9-14(12)16(15)21-13-7-2-1-3-8-13/h1-11H. The molecule has 0 aliphatic heterocycles. The molecular weight excluding hydrogens is 277 g/mol. The molecule has 4 heteroatoms. The van der Waals surface area contributed by atoms with Gasteiger partial charge in [-0.3, -0.25) is 0 Å². The van der Waals surface area contributed by atoms with Crippen LogP contribution in [0.15, 0.2) is 66.7 Å². The van der Waals surface area contributed by atoms with E-state index in [-0.39, 0.29) is 5.75 Å². The van der Waals surface area contributed by atoms with Gasteiger partial charge in [-0.2, -0.15) is 13.2 Å². The van der Waals surface area contributed by atoms with Crippen LogP contribution in [0.5, 0.6) is 11.5 Å². The van der Waals surface area contributed by atoms with E-state index in [4.69, 9.17) is 4.74 Å². The highest BCUT2D eigenvalue weighted by molar-refractivity contribution is 5.90. The van der Waals surface area contributed by atoms with E-state index in [0.29, 0.717) is 16.5 Å². The summed E-state index contributed by atoms with van der Waals surface area (Å²) in [5, 5.41) is 1.15. The Balaban J connectivity index is 2.21. The molecule has 0 aromatic heterocycles. The van der Waals surface area contributed by atoms with Crippen LogP contribution < -0.4 is 4.74 Å². The van der Waals surface area contributed by atoms with E-state index in [9.17, 15) is 13.2 Å². The van der Waals surface area contributed by atoms with Crippen molar-refractivity contribution in [3.63, 3.8) is 0 Å². The molecule has 0 saturated carbocycles. The second kappa shape index (κ2) is 5.13. The monoisotopic (exact) mass is 288 g/mol. The van der Waals surface area contributed by atoms with E-state index in [1.165, 1.54) is 6.07 Å². The predicted molar refractivity (Wildman–Crippen MR) is 75.5 cm³/mol. The number of hydrogen-bond donors (Lipinski definition) is 0. The van der Waals surface area contributed by atoms with Crippen LogP contribution in [0.2, 0.25) is 0 Å². The zero-order valence-electron chi connectivity index (χ0n) is 10.9. The molecule has 1 nitrogen and oxygen atoms in total. The Bertz CT molecular complexity index is 764. The van der Waals surface area contributed by atoms with Gasteiger partial charge in [0.05, 0.1) is 5.56 Å². The van der Waals surface area contributed by atoms with E-state index < -0.39 is 11.7 Å². The number of para-hydroxylation sites is 1. The average molecular weight is 288 g/mol. The fraction of sp³-hybridized carbons (Fsp3) is 0.0588. The summed E-state index contributed by atoms with van der Waals surface area (Å²) in [7, 11) is 0. The molecule has 3 rings (SSSR count). The summed E-state index contributed by atoms with van der Waals surface area (Å²) in [6.07, 6.45) is -4.46. The van der Waals surface area contributed by atoms with Gasteiger partial charge in [-0.1, -0.05) is 48.5 Å². The van der Waals surface area contributed by atoms with Gasteiger partial charge in [0.1, 0.15) is 11.5 Å². The van der Waals surface area contributed by atoms with Gasteiger partial charge in [0.25, 0.3) is 0 Å². The number of hydrogen-bond acceptors (Lipinski definition) is 1. The average Bonchev–Trinajstić information content (AvgIpc) is 2.47. The van der Waals surface area contributed by atoms with Gasteiger partial charge in [0.15, 0.2) is 0 Å². The van der Waals surface area contributed by atoms with E-state index >= 15 is 0 Å². The molecule has 0 saturated heterocycles. The zero-order valence-corrected chi connectivity index (χ0v) is 10.9. The van der Waals surface area contributed by atoms with Gasteiger partial charge >= 0.3 is 6.18 Å². The molecule has 0 amide bonds. The zero-order chi connectivity index (χ0) is 14.9. The number of benzene rings is 3. The summed E-state index contributed by atoms with van der Waals surface area (Å²) >= 11 is 0. The highest BCUT2D eigenvalue weighted by Crippen LogP contribution is 2.42. The van der Waals surface area contributed by atoms with Crippen molar-refractivity contribution in [2.75, 3.05) is 0 Å². The lowest BCUT2D eigenvalue weighted by Gasteiger charge is -2.16. The fourth-order valence-electron chi connectivity index (χ4n) is 2.18. The summed E-state index contributed by atoms with van der Waals surface area (Å²) in [4.78, 5) is 0. The Morgan fingerprint density at radius 2 is 1.38 bits per heavy atom. The smallest absolute Gasteiger partial charge is 0.420 e. The number of rotatable bonds is 2. The van der Waals surface area contributed by atoms with E-state index in [1.54, 1.807) is 54.6 Å². The summed E-state index contributed by atoms with van der Waals surface area (Å²) in [5.41, 5.74) is -0.773. The van der Waals surface area contributed by atoms with Crippen molar-refractivity contribution in [2.45, 2.75) is 6.18 Å². The molecule has 3 aromatic carbocycles. The SMILES string of the molecule is FC(F)(F)c1ccc2ccccc2c1Oc1ccccc1. The number of halogens is 3. The minimum Gasteiger partial charge on any atom is -0.456 e. The van der Waals surface area contributed by atoms with Gasteiger partial charge in [0, 0.05) is 5.39 Å². The third kappa shape index (κ3) is 2.70. The summed E-state index contributed by atoms with van der Waals surface area (Å²) in [6.45, 7) is 0. The maximum absolute atomic E-state index is 13.2. The molecule has 0 spiro atoms. The van der Waals surface area contributed by atoms with Crippen molar-refractivity contribution in [2.24, 2.45) is 0 Å². The Kier molecular flexibility index (Phi) is 3.29. The molecule has 21 heavy (non-hydrogen) atoms. The van der Waals surface area contributed by atoms with E-state index in [0.717, 1.165) is 6.07 Å². The van der Waals surface area contributed by atoms with Crippen LogP contribution in [-0.2, 0) is 6.18 Å². The van der Waals surface area contributed by atoms with Gasteiger partial charge in [0.2, 0.25) is 0 Å². The lowest BCUT2D eigenvalue weighted by Crippen LogP contribution is -2.07. The van der Waals surface area contributed by atoms with Crippen LogP contribution in [0.1, 0.15) is 5.56 Å². The molecule has 0 N–H and O–H groups in total. The molecule has 0 bridgehead atoms. The van der Waals surface area contributed by atoms with E-state index in [2.05, 4.69) is 0 Å². The molecule has 3 aromatic rings. The molecule has 0 heterocycles. The van der Waals surface area contributed by atoms with Crippen LogP contribution in [0, 0.1) is 0 Å². The fourth-order valence-corrected chi connectivity index (χ4v) is 2.18. The molecule has 0 aliphatic carbocycles. The van der Waals surface area contributed by atoms with Gasteiger partial charge < -0.3 is 4.74 Å². The summed E-state index contributed by atoms with van der Waals surface area (Å²) < 4.78 is 45.1. The lowest BCUT2D eigenvalue weighted by atomic mass is 10.0. The third-order valence-electron chi connectivity index (χ3n) is 3.15. The quantitative estimate of drug-likeness (QED) is 0.592. The first-order valence-electron chi connectivity index (χ1n) is 6.37. The van der Waals surface area contributed by atoms with Crippen molar-refractivity contribution in [3.05, 3.63) is 72.3 Å². The van der Waals surface area contributed by atoms with Gasteiger partial charge in [-0.15, -0.1) is 0 Å². The van der Waals surface area contributed by atoms with E-state index in [1.807, 2.05) is 0 Å². The number of ether oxygens (including phenoxy) is 1. The maximum atomic E-state index is 13.2. The number of alkyl halides is 3. The number of fused-ring (bicyclic) bond motifs is 1. The van der Waals surface area contributed by atoms with Crippen LogP contribution in [0.3, 0.4) is 0 Å². The third-order valence-corrected chi connectivity index (χ3v) is 3.15. The van der Waals surface area contributed by atoms with Crippen LogP contribution in [0.4, 0.5) is 13.2 Å². The molecule has 0 radical (unpaired) electrons. The minimum atomic E-state index is -4.46. The predicted octanol–water partition coefficient (Wildman–Crippen LogP) is 5.65. The van der Waals surface area contributed by atoms with Crippen molar-refractivity contribution in [1.29, 1.82) is 0 Å². The second-order valence-corrected chi connectivity index (χ2v) is 4.58. The van der Waals surface area contributed by atoms with Crippen molar-refractivity contribution in [3.8, 4) is 11.5 Å². The van der Waals surface area contributed by atoms with Crippen LogP contribution >= 0.6 is 0 Å². The van der Waals surface area contributed by atoms with Gasteiger partial charge in [-0.25, -0.2) is 0 Å².